The number of nitrogens with one attached hydrogen (secondary N) is 1. The normalized spacial score (nSPS) is 11.1. The van der Waals surface area contributed by atoms with Crippen molar-refractivity contribution in [3.63, 3.8) is 0 Å². The summed E-state index contributed by atoms with van der Waals surface area (Å²) in [5.74, 6) is -0.481. The topological polar surface area (TPSA) is 49.3 Å². The lowest BCUT2D eigenvalue weighted by Crippen LogP contribution is -2.41. The van der Waals surface area contributed by atoms with Crippen LogP contribution in [0.1, 0.15) is 16.7 Å². The molecule has 3 nitrogen and oxygen atoms in total. The molecule has 3 rings (SSSR count). The molecule has 0 unspecified atom stereocenters. The number of hydrogen-bond donors (Lipinski definition) is 2. The van der Waals surface area contributed by atoms with E-state index >= 15 is 0 Å². The van der Waals surface area contributed by atoms with E-state index in [1.807, 2.05) is 61.5 Å². The first-order valence-corrected chi connectivity index (χ1v) is 7.82. The monoisotopic (exact) mass is 317 g/mol. The van der Waals surface area contributed by atoms with Gasteiger partial charge >= 0.3 is 0 Å². The minimum absolute atomic E-state index is 0.481. The zero-order chi connectivity index (χ0) is 17.0. The van der Waals surface area contributed by atoms with Gasteiger partial charge in [-0.25, -0.2) is 0 Å². The van der Waals surface area contributed by atoms with Crippen molar-refractivity contribution >= 4 is 11.6 Å². The van der Waals surface area contributed by atoms with Gasteiger partial charge in [0.05, 0.1) is 0 Å². The number of carbonyl (C=O) groups is 1. The van der Waals surface area contributed by atoms with Gasteiger partial charge in [-0.3, -0.25) is 4.79 Å². The first-order chi connectivity index (χ1) is 11.6. The molecule has 1 amide bonds. The molecule has 0 saturated carbocycles. The average molecular weight is 317 g/mol. The zero-order valence-corrected chi connectivity index (χ0v) is 13.4. The lowest BCUT2D eigenvalue weighted by molar-refractivity contribution is -0.131. The van der Waals surface area contributed by atoms with Crippen molar-refractivity contribution in [2.75, 3.05) is 5.32 Å². The van der Waals surface area contributed by atoms with Crippen molar-refractivity contribution in [1.82, 2.24) is 0 Å². The van der Waals surface area contributed by atoms with E-state index in [9.17, 15) is 9.90 Å². The Bertz CT molecular complexity index is 789. The molecule has 0 bridgehead atoms. The van der Waals surface area contributed by atoms with E-state index < -0.39 is 11.5 Å². The largest absolute Gasteiger partial charge is 0.372 e. The van der Waals surface area contributed by atoms with Crippen molar-refractivity contribution < 1.29 is 9.90 Å². The maximum absolute atomic E-state index is 13.0. The summed E-state index contributed by atoms with van der Waals surface area (Å²) in [4.78, 5) is 13.0. The van der Waals surface area contributed by atoms with E-state index in [-0.39, 0.29) is 0 Å². The van der Waals surface area contributed by atoms with Gasteiger partial charge in [-0.2, -0.15) is 0 Å². The fraction of sp³-hybridized carbons (Fsp3) is 0.0952. The highest BCUT2D eigenvalue weighted by molar-refractivity contribution is 6.00. The van der Waals surface area contributed by atoms with E-state index in [1.165, 1.54) is 0 Å². The van der Waals surface area contributed by atoms with Gasteiger partial charge in [0.2, 0.25) is 0 Å². The number of amides is 1. The van der Waals surface area contributed by atoms with E-state index in [2.05, 4.69) is 5.32 Å². The average Bonchev–Trinajstić information content (AvgIpc) is 2.62. The summed E-state index contributed by atoms with van der Waals surface area (Å²) in [6.07, 6.45) is 0. The predicted octanol–water partition coefficient (Wildman–Crippen LogP) is 3.87. The second-order valence-electron chi connectivity index (χ2n) is 5.77. The van der Waals surface area contributed by atoms with Gasteiger partial charge in [0.15, 0.2) is 5.60 Å². The van der Waals surface area contributed by atoms with Crippen molar-refractivity contribution in [3.05, 3.63) is 102 Å². The molecule has 0 aliphatic heterocycles. The number of aryl methyl sites for hydroxylation is 1. The highest BCUT2D eigenvalue weighted by Gasteiger charge is 2.39. The molecule has 0 aromatic heterocycles. The van der Waals surface area contributed by atoms with Gasteiger partial charge < -0.3 is 10.4 Å². The highest BCUT2D eigenvalue weighted by Crippen LogP contribution is 2.31. The van der Waals surface area contributed by atoms with Crippen molar-refractivity contribution in [3.8, 4) is 0 Å². The van der Waals surface area contributed by atoms with Crippen LogP contribution in [0.15, 0.2) is 84.9 Å². The zero-order valence-electron chi connectivity index (χ0n) is 13.4. The maximum atomic E-state index is 13.0. The van der Waals surface area contributed by atoms with Crippen LogP contribution in [0.3, 0.4) is 0 Å². The molecule has 0 atom stereocenters. The van der Waals surface area contributed by atoms with Crippen LogP contribution in [0.2, 0.25) is 0 Å². The van der Waals surface area contributed by atoms with Crippen LogP contribution in [0.5, 0.6) is 0 Å². The molecule has 3 aromatic rings. The summed E-state index contributed by atoms with van der Waals surface area (Å²) in [6.45, 7) is 1.95. The van der Waals surface area contributed by atoms with Crippen molar-refractivity contribution in [2.24, 2.45) is 0 Å². The Morgan fingerprint density at radius 3 is 1.88 bits per heavy atom. The summed E-state index contributed by atoms with van der Waals surface area (Å²) < 4.78 is 0. The molecular formula is C21H19NO2. The SMILES string of the molecule is Cc1cccc(NC(=O)C(O)(c2ccccc2)c2ccccc2)c1. The number of aliphatic hydroxyl groups is 1. The molecule has 3 heteroatoms. The first kappa shape index (κ1) is 16.0. The molecular weight excluding hydrogens is 298 g/mol. The van der Waals surface area contributed by atoms with E-state index in [0.29, 0.717) is 16.8 Å². The Morgan fingerprint density at radius 1 is 0.833 bits per heavy atom. The molecule has 120 valence electrons. The third-order valence-electron chi connectivity index (χ3n) is 3.99. The molecule has 0 saturated heterocycles. The molecule has 0 heterocycles. The fourth-order valence-electron chi connectivity index (χ4n) is 2.73. The van der Waals surface area contributed by atoms with Crippen LogP contribution in [0.25, 0.3) is 0 Å². The summed E-state index contributed by atoms with van der Waals surface area (Å²) in [5.41, 5.74) is 0.996. The second-order valence-corrected chi connectivity index (χ2v) is 5.77. The smallest absolute Gasteiger partial charge is 0.265 e. The minimum Gasteiger partial charge on any atom is -0.372 e. The molecule has 0 fully saturated rings. The number of rotatable bonds is 4. The van der Waals surface area contributed by atoms with Gasteiger partial charge in [-0.15, -0.1) is 0 Å². The number of carbonyl (C=O) groups excluding carboxylic acids is 1. The minimum atomic E-state index is -1.76. The van der Waals surface area contributed by atoms with Gasteiger partial charge in [-0.05, 0) is 35.7 Å². The van der Waals surface area contributed by atoms with Crippen molar-refractivity contribution in [1.29, 1.82) is 0 Å². The third kappa shape index (κ3) is 3.07. The van der Waals surface area contributed by atoms with E-state index in [1.54, 1.807) is 30.3 Å². The Balaban J connectivity index is 2.03. The Kier molecular flexibility index (Phi) is 4.45. The molecule has 2 N–H and O–H groups in total. The van der Waals surface area contributed by atoms with Crippen molar-refractivity contribution in [2.45, 2.75) is 12.5 Å². The van der Waals surface area contributed by atoms with Gasteiger partial charge in [0, 0.05) is 5.69 Å². The second kappa shape index (κ2) is 6.69. The summed E-state index contributed by atoms with van der Waals surface area (Å²) in [5, 5.41) is 14.2. The lowest BCUT2D eigenvalue weighted by Gasteiger charge is -2.28. The summed E-state index contributed by atoms with van der Waals surface area (Å²) in [7, 11) is 0. The number of hydrogen-bond acceptors (Lipinski definition) is 2. The maximum Gasteiger partial charge on any atom is 0.265 e. The Morgan fingerprint density at radius 2 is 1.38 bits per heavy atom. The van der Waals surface area contributed by atoms with Crippen LogP contribution in [-0.4, -0.2) is 11.0 Å². The fourth-order valence-corrected chi connectivity index (χ4v) is 2.73. The molecule has 0 spiro atoms. The van der Waals surface area contributed by atoms with E-state index in [4.69, 9.17) is 0 Å². The summed E-state index contributed by atoms with van der Waals surface area (Å²) in [6, 6.07) is 25.5. The van der Waals surface area contributed by atoms with Gasteiger partial charge in [0.25, 0.3) is 5.91 Å². The van der Waals surface area contributed by atoms with Crippen LogP contribution in [0, 0.1) is 6.92 Å². The summed E-state index contributed by atoms with van der Waals surface area (Å²) >= 11 is 0. The van der Waals surface area contributed by atoms with Crippen LogP contribution in [0.4, 0.5) is 5.69 Å². The first-order valence-electron chi connectivity index (χ1n) is 7.82. The predicted molar refractivity (Wildman–Crippen MR) is 95.7 cm³/mol. The number of anilines is 1. The van der Waals surface area contributed by atoms with Crippen LogP contribution < -0.4 is 5.32 Å². The van der Waals surface area contributed by atoms with Crippen LogP contribution >= 0.6 is 0 Å². The third-order valence-corrected chi connectivity index (χ3v) is 3.99. The molecule has 0 aliphatic rings. The Hall–Kier alpha value is -2.91. The molecule has 0 radical (unpaired) electrons. The Labute approximate surface area is 141 Å². The standard InChI is InChI=1S/C21H19NO2/c1-16-9-8-14-19(15-16)22-20(23)21(24,17-10-4-2-5-11-17)18-12-6-3-7-13-18/h2-15,24H,1H3,(H,22,23). The lowest BCUT2D eigenvalue weighted by atomic mass is 9.85. The molecule has 24 heavy (non-hydrogen) atoms. The molecule has 0 aliphatic carbocycles. The number of benzene rings is 3. The van der Waals surface area contributed by atoms with E-state index in [0.717, 1.165) is 5.56 Å². The van der Waals surface area contributed by atoms with Crippen LogP contribution in [-0.2, 0) is 10.4 Å². The quantitative estimate of drug-likeness (QED) is 0.767. The highest BCUT2D eigenvalue weighted by atomic mass is 16.3. The van der Waals surface area contributed by atoms with Gasteiger partial charge in [0.1, 0.15) is 0 Å². The van der Waals surface area contributed by atoms with Gasteiger partial charge in [-0.1, -0.05) is 72.8 Å². The molecule has 3 aromatic carbocycles.